The van der Waals surface area contributed by atoms with Crippen LogP contribution in [-0.4, -0.2) is 31.1 Å². The Morgan fingerprint density at radius 2 is 1.89 bits per heavy atom. The fourth-order valence-electron chi connectivity index (χ4n) is 3.03. The van der Waals surface area contributed by atoms with Crippen molar-refractivity contribution in [1.29, 1.82) is 0 Å². The topological polar surface area (TPSA) is 58.4 Å². The van der Waals surface area contributed by atoms with Crippen LogP contribution in [0.3, 0.4) is 0 Å². The first kappa shape index (κ1) is 12.3. The van der Waals surface area contributed by atoms with E-state index in [1.807, 2.05) is 0 Å². The van der Waals surface area contributed by atoms with Crippen molar-refractivity contribution in [3.8, 4) is 0 Å². The van der Waals surface area contributed by atoms with Crippen LogP contribution in [0.5, 0.6) is 0 Å². The highest BCUT2D eigenvalue weighted by Crippen LogP contribution is 2.37. The first-order valence-electron chi connectivity index (χ1n) is 6.15. The molecule has 2 heterocycles. The molecule has 2 fully saturated rings. The minimum absolute atomic E-state index is 0.0527. The molecule has 2 aliphatic rings. The molecule has 1 aromatic carbocycles. The average molecular weight is 269 g/mol. The molecule has 102 valence electrons. The van der Waals surface area contributed by atoms with E-state index in [0.717, 1.165) is 19.2 Å². The van der Waals surface area contributed by atoms with Crippen LogP contribution in [-0.2, 0) is 0 Å². The molecule has 2 aliphatic heterocycles. The van der Waals surface area contributed by atoms with E-state index in [0.29, 0.717) is 31.0 Å². The lowest BCUT2D eigenvalue weighted by Gasteiger charge is -2.19. The molecule has 0 saturated carbocycles. The lowest BCUT2D eigenvalue weighted by molar-refractivity contribution is -0.386. The minimum Gasteiger partial charge on any atom is -0.365 e. The molecular formula is C12H13F2N3O2. The third kappa shape index (κ3) is 2.03. The number of fused-ring (bicyclic) bond motifs is 1. The van der Waals surface area contributed by atoms with Crippen molar-refractivity contribution in [3.05, 3.63) is 33.9 Å². The zero-order valence-corrected chi connectivity index (χ0v) is 10.1. The molecule has 0 aliphatic carbocycles. The van der Waals surface area contributed by atoms with Crippen LogP contribution < -0.4 is 10.2 Å². The van der Waals surface area contributed by atoms with E-state index in [4.69, 9.17) is 0 Å². The number of nitro groups is 1. The number of hydrogen-bond acceptors (Lipinski definition) is 4. The van der Waals surface area contributed by atoms with Gasteiger partial charge in [0, 0.05) is 38.3 Å². The van der Waals surface area contributed by atoms with Crippen LogP contribution in [0.25, 0.3) is 0 Å². The number of hydrogen-bond donors (Lipinski definition) is 1. The number of rotatable bonds is 2. The first-order chi connectivity index (χ1) is 9.06. The smallest absolute Gasteiger partial charge is 0.328 e. The predicted octanol–water partition coefficient (Wildman–Crippen LogP) is 1.53. The van der Waals surface area contributed by atoms with Gasteiger partial charge in [-0.25, -0.2) is 4.39 Å². The van der Waals surface area contributed by atoms with E-state index in [-0.39, 0.29) is 5.69 Å². The second-order valence-corrected chi connectivity index (χ2v) is 5.10. The van der Waals surface area contributed by atoms with Gasteiger partial charge in [0.1, 0.15) is 11.5 Å². The van der Waals surface area contributed by atoms with Crippen molar-refractivity contribution >= 4 is 11.4 Å². The molecule has 5 nitrogen and oxygen atoms in total. The van der Waals surface area contributed by atoms with Crippen LogP contribution in [0.2, 0.25) is 0 Å². The standard InChI is InChI=1S/C12H13F2N3O2/c13-9-1-10(14)12(17(18)19)11(2-9)16-5-7-3-15-4-8(7)6-16/h1-2,7-8,15H,3-6H2/t7-,8+. The summed E-state index contributed by atoms with van der Waals surface area (Å²) in [6.07, 6.45) is 0. The van der Waals surface area contributed by atoms with Crippen molar-refractivity contribution in [2.75, 3.05) is 31.1 Å². The molecular weight excluding hydrogens is 256 g/mol. The maximum atomic E-state index is 13.6. The molecule has 7 heteroatoms. The number of nitro benzene ring substituents is 1. The van der Waals surface area contributed by atoms with Gasteiger partial charge < -0.3 is 10.2 Å². The van der Waals surface area contributed by atoms with Crippen LogP contribution >= 0.6 is 0 Å². The number of nitrogens with zero attached hydrogens (tertiary/aromatic N) is 2. The average Bonchev–Trinajstić information content (AvgIpc) is 2.86. The summed E-state index contributed by atoms with van der Waals surface area (Å²) >= 11 is 0. The zero-order valence-electron chi connectivity index (χ0n) is 10.1. The van der Waals surface area contributed by atoms with Crippen LogP contribution in [0, 0.1) is 33.6 Å². The summed E-state index contributed by atoms with van der Waals surface area (Å²) in [5.74, 6) is -1.11. The van der Waals surface area contributed by atoms with E-state index in [1.165, 1.54) is 0 Å². The Morgan fingerprint density at radius 1 is 1.26 bits per heavy atom. The van der Waals surface area contributed by atoms with E-state index < -0.39 is 22.2 Å². The Morgan fingerprint density at radius 3 is 2.47 bits per heavy atom. The van der Waals surface area contributed by atoms with Crippen molar-refractivity contribution in [2.45, 2.75) is 0 Å². The summed E-state index contributed by atoms with van der Waals surface area (Å²) < 4.78 is 26.9. The quantitative estimate of drug-likeness (QED) is 0.653. The fourth-order valence-corrected chi connectivity index (χ4v) is 3.03. The van der Waals surface area contributed by atoms with Gasteiger partial charge in [0.05, 0.1) is 4.92 Å². The van der Waals surface area contributed by atoms with Crippen molar-refractivity contribution in [1.82, 2.24) is 5.32 Å². The van der Waals surface area contributed by atoms with Gasteiger partial charge >= 0.3 is 5.69 Å². The van der Waals surface area contributed by atoms with Gasteiger partial charge in [0.2, 0.25) is 5.82 Å². The summed E-state index contributed by atoms with van der Waals surface area (Å²) in [5.41, 5.74) is -0.578. The molecule has 2 atom stereocenters. The number of anilines is 1. The van der Waals surface area contributed by atoms with E-state index >= 15 is 0 Å². The molecule has 1 aromatic rings. The fraction of sp³-hybridized carbons (Fsp3) is 0.500. The Balaban J connectivity index is 1.98. The van der Waals surface area contributed by atoms with Crippen LogP contribution in [0.4, 0.5) is 20.2 Å². The molecule has 2 saturated heterocycles. The summed E-state index contributed by atoms with van der Waals surface area (Å²) in [6, 6.07) is 1.61. The van der Waals surface area contributed by atoms with Crippen molar-refractivity contribution in [2.24, 2.45) is 11.8 Å². The van der Waals surface area contributed by atoms with Gasteiger partial charge in [-0.15, -0.1) is 0 Å². The minimum atomic E-state index is -1.12. The lowest BCUT2D eigenvalue weighted by atomic mass is 10.0. The second-order valence-electron chi connectivity index (χ2n) is 5.10. The number of benzene rings is 1. The largest absolute Gasteiger partial charge is 0.365 e. The highest BCUT2D eigenvalue weighted by molar-refractivity contribution is 5.64. The Labute approximate surface area is 108 Å². The predicted molar refractivity (Wildman–Crippen MR) is 65.1 cm³/mol. The van der Waals surface area contributed by atoms with Gasteiger partial charge in [0.15, 0.2) is 0 Å². The second kappa shape index (κ2) is 4.41. The van der Waals surface area contributed by atoms with Gasteiger partial charge in [-0.2, -0.15) is 4.39 Å². The zero-order chi connectivity index (χ0) is 13.6. The van der Waals surface area contributed by atoms with Crippen molar-refractivity contribution < 1.29 is 13.7 Å². The maximum absolute atomic E-state index is 13.6. The Kier molecular flexibility index (Phi) is 2.85. The summed E-state index contributed by atoms with van der Waals surface area (Å²) in [5, 5.41) is 14.2. The Bertz CT molecular complexity index is 526. The van der Waals surface area contributed by atoms with Gasteiger partial charge in [0.25, 0.3) is 0 Å². The first-order valence-corrected chi connectivity index (χ1v) is 6.15. The lowest BCUT2D eigenvalue weighted by Crippen LogP contribution is -2.26. The summed E-state index contributed by atoms with van der Waals surface area (Å²) in [4.78, 5) is 11.9. The molecule has 0 radical (unpaired) electrons. The van der Waals surface area contributed by atoms with Gasteiger partial charge in [-0.05, 0) is 11.8 Å². The third-order valence-corrected chi connectivity index (χ3v) is 3.92. The molecule has 0 amide bonds. The molecule has 19 heavy (non-hydrogen) atoms. The van der Waals surface area contributed by atoms with Crippen LogP contribution in [0.15, 0.2) is 12.1 Å². The normalized spacial score (nSPS) is 25.7. The van der Waals surface area contributed by atoms with E-state index in [1.54, 1.807) is 4.90 Å². The highest BCUT2D eigenvalue weighted by atomic mass is 19.1. The number of halogens is 2. The monoisotopic (exact) mass is 269 g/mol. The number of nitrogens with one attached hydrogen (secondary N) is 1. The molecule has 3 rings (SSSR count). The summed E-state index contributed by atoms with van der Waals surface area (Å²) in [6.45, 7) is 2.91. The van der Waals surface area contributed by atoms with Gasteiger partial charge in [-0.3, -0.25) is 10.1 Å². The summed E-state index contributed by atoms with van der Waals surface area (Å²) in [7, 11) is 0. The molecule has 1 N–H and O–H groups in total. The molecule has 0 unspecified atom stereocenters. The van der Waals surface area contributed by atoms with Gasteiger partial charge in [-0.1, -0.05) is 0 Å². The molecule has 0 bridgehead atoms. The maximum Gasteiger partial charge on any atom is 0.328 e. The third-order valence-electron chi connectivity index (χ3n) is 3.92. The van der Waals surface area contributed by atoms with Crippen LogP contribution in [0.1, 0.15) is 0 Å². The van der Waals surface area contributed by atoms with Crippen molar-refractivity contribution in [3.63, 3.8) is 0 Å². The Hall–Kier alpha value is -1.76. The van der Waals surface area contributed by atoms with E-state index in [2.05, 4.69) is 5.32 Å². The van der Waals surface area contributed by atoms with E-state index in [9.17, 15) is 18.9 Å². The highest BCUT2D eigenvalue weighted by Gasteiger charge is 2.39. The SMILES string of the molecule is O=[N+]([O-])c1c(F)cc(F)cc1N1C[C@H]2CNC[C@H]2C1. The molecule has 0 aromatic heterocycles. The molecule has 0 spiro atoms.